The molecule has 0 spiro atoms. The van der Waals surface area contributed by atoms with E-state index >= 15 is 0 Å². The van der Waals surface area contributed by atoms with E-state index < -0.39 is 0 Å². The fraction of sp³-hybridized carbons (Fsp3) is 0.111. The van der Waals surface area contributed by atoms with Gasteiger partial charge in [0.25, 0.3) is 0 Å². The molecule has 5 rings (SSSR count). The number of aryl methyl sites for hydroxylation is 4. The molecule has 0 aliphatic heterocycles. The van der Waals surface area contributed by atoms with E-state index in [9.17, 15) is 0 Å². The Morgan fingerprint density at radius 3 is 0.975 bits per heavy atom. The smallest absolute Gasteiger partial charge is 0.0688 e. The molecule has 198 valence electrons. The van der Waals surface area contributed by atoms with Crippen LogP contribution in [0.25, 0.3) is 0 Å². The van der Waals surface area contributed by atoms with Crippen LogP contribution in [0.4, 0.5) is 11.4 Å². The summed E-state index contributed by atoms with van der Waals surface area (Å²) in [7, 11) is 0. The average Bonchev–Trinajstić information content (AvgIpc) is 2.95. The third-order valence-electron chi connectivity index (χ3n) is 6.62. The molecule has 0 aromatic heterocycles. The molecule has 0 saturated heterocycles. The minimum Gasteiger partial charge on any atom is -0.256 e. The number of benzene rings is 5. The van der Waals surface area contributed by atoms with Gasteiger partial charge >= 0.3 is 0 Å². The summed E-state index contributed by atoms with van der Waals surface area (Å²) in [4.78, 5) is 14.3. The zero-order valence-electron chi connectivity index (χ0n) is 23.3. The van der Waals surface area contributed by atoms with Gasteiger partial charge in [0.1, 0.15) is 0 Å². The van der Waals surface area contributed by atoms with Crippen molar-refractivity contribution in [3.63, 3.8) is 0 Å². The normalized spacial score (nSPS) is 11.5. The Labute approximate surface area is 246 Å². The van der Waals surface area contributed by atoms with Crippen molar-refractivity contribution in [1.29, 1.82) is 0 Å². The molecule has 0 fully saturated rings. The van der Waals surface area contributed by atoms with E-state index in [0.717, 1.165) is 22.5 Å². The first-order chi connectivity index (χ1) is 19.4. The fourth-order valence-electron chi connectivity index (χ4n) is 4.39. The van der Waals surface area contributed by atoms with Gasteiger partial charge in [-0.1, -0.05) is 84.2 Å². The van der Waals surface area contributed by atoms with Crippen LogP contribution < -0.4 is 0 Å². The number of hydrogen-bond donors (Lipinski definition) is 0. The van der Waals surface area contributed by atoms with Crippen molar-refractivity contribution < 1.29 is 0 Å². The Kier molecular flexibility index (Phi) is 9.00. The minimum absolute atomic E-state index is 1.05. The van der Waals surface area contributed by atoms with Gasteiger partial charge in [-0.2, -0.15) is 0 Å². The molecule has 0 aliphatic rings. The van der Waals surface area contributed by atoms with E-state index in [1.165, 1.54) is 41.8 Å². The van der Waals surface area contributed by atoms with Gasteiger partial charge in [0.05, 0.1) is 11.4 Å². The van der Waals surface area contributed by atoms with Crippen LogP contribution in [-0.2, 0) is 0 Å². The largest absolute Gasteiger partial charge is 0.256 e. The summed E-state index contributed by atoms with van der Waals surface area (Å²) in [6.07, 6.45) is 3.89. The molecule has 0 unspecified atom stereocenters. The van der Waals surface area contributed by atoms with Crippen LogP contribution in [0.1, 0.15) is 33.4 Å². The summed E-state index contributed by atoms with van der Waals surface area (Å²) in [5.41, 5.74) is 9.08. The van der Waals surface area contributed by atoms with Crippen LogP contribution in [0.3, 0.4) is 0 Å². The topological polar surface area (TPSA) is 24.7 Å². The second-order valence-electron chi connectivity index (χ2n) is 9.81. The Bertz CT molecular complexity index is 1480. The SMILES string of the molecule is Cc1cccc(C)c1N=Cc1ccc(Sc2ccc(Sc3ccc(C=Nc4c(C)cccc4C)cc3)cc2)cc1. The van der Waals surface area contributed by atoms with Gasteiger partial charge in [0.15, 0.2) is 0 Å². The lowest BCUT2D eigenvalue weighted by molar-refractivity contribution is 1.32. The van der Waals surface area contributed by atoms with E-state index in [1.807, 2.05) is 12.4 Å². The van der Waals surface area contributed by atoms with Gasteiger partial charge in [0.2, 0.25) is 0 Å². The predicted octanol–water partition coefficient (Wildman–Crippen LogP) is 10.7. The van der Waals surface area contributed by atoms with Gasteiger partial charge in [0, 0.05) is 32.0 Å². The van der Waals surface area contributed by atoms with Gasteiger partial charge in [-0.15, -0.1) is 0 Å². The second kappa shape index (κ2) is 13.0. The molecule has 0 aliphatic carbocycles. The van der Waals surface area contributed by atoms with Crippen molar-refractivity contribution in [2.24, 2.45) is 9.98 Å². The maximum absolute atomic E-state index is 4.73. The molecule has 0 bridgehead atoms. The number of hydrogen-bond acceptors (Lipinski definition) is 4. The standard InChI is InChI=1S/C36H32N2S2/c1-25-7-5-8-26(2)35(25)37-23-29-11-15-31(16-12-29)39-33-19-21-34(22-20-33)40-32-17-13-30(14-18-32)24-38-36-27(3)9-6-10-28(36)4/h5-24H,1-4H3. The summed E-state index contributed by atoms with van der Waals surface area (Å²) in [5.74, 6) is 0. The van der Waals surface area contributed by atoms with Crippen LogP contribution in [-0.4, -0.2) is 12.4 Å². The Hall–Kier alpha value is -3.86. The molecule has 4 heteroatoms. The summed E-state index contributed by atoms with van der Waals surface area (Å²) in [5, 5.41) is 0. The molecular formula is C36H32N2S2. The number of para-hydroxylation sites is 2. The van der Waals surface area contributed by atoms with E-state index in [-0.39, 0.29) is 0 Å². The van der Waals surface area contributed by atoms with Crippen LogP contribution in [0.15, 0.2) is 139 Å². The lowest BCUT2D eigenvalue weighted by atomic mass is 10.1. The highest BCUT2D eigenvalue weighted by atomic mass is 32.2. The zero-order chi connectivity index (χ0) is 27.9. The van der Waals surface area contributed by atoms with Gasteiger partial charge < -0.3 is 0 Å². The van der Waals surface area contributed by atoms with Crippen LogP contribution >= 0.6 is 23.5 Å². The molecule has 5 aromatic rings. The summed E-state index contributed by atoms with van der Waals surface area (Å²) in [6, 6.07) is 38.4. The van der Waals surface area contributed by atoms with E-state index in [2.05, 4.69) is 137 Å². The highest BCUT2D eigenvalue weighted by Gasteiger charge is 2.03. The first kappa shape index (κ1) is 27.7. The van der Waals surface area contributed by atoms with Crippen molar-refractivity contribution in [3.8, 4) is 0 Å². The van der Waals surface area contributed by atoms with E-state index in [0.29, 0.717) is 0 Å². The molecule has 0 saturated carbocycles. The van der Waals surface area contributed by atoms with Crippen molar-refractivity contribution in [2.75, 3.05) is 0 Å². The lowest BCUT2D eigenvalue weighted by Crippen LogP contribution is -1.84. The predicted molar refractivity (Wildman–Crippen MR) is 174 cm³/mol. The van der Waals surface area contributed by atoms with Gasteiger partial charge in [-0.3, -0.25) is 9.98 Å². The summed E-state index contributed by atoms with van der Waals surface area (Å²) in [6.45, 7) is 8.40. The van der Waals surface area contributed by atoms with Crippen molar-refractivity contribution >= 4 is 47.3 Å². The van der Waals surface area contributed by atoms with Gasteiger partial charge in [-0.25, -0.2) is 0 Å². The zero-order valence-corrected chi connectivity index (χ0v) is 24.9. The Morgan fingerprint density at radius 1 is 0.400 bits per heavy atom. The number of nitrogens with zero attached hydrogens (tertiary/aromatic N) is 2. The molecule has 2 nitrogen and oxygen atoms in total. The third-order valence-corrected chi connectivity index (χ3v) is 8.65. The van der Waals surface area contributed by atoms with Crippen molar-refractivity contribution in [2.45, 2.75) is 47.3 Å². The molecular weight excluding hydrogens is 525 g/mol. The maximum atomic E-state index is 4.73. The maximum Gasteiger partial charge on any atom is 0.0688 e. The number of aliphatic imine (C=N–C) groups is 2. The lowest BCUT2D eigenvalue weighted by Gasteiger charge is -2.06. The van der Waals surface area contributed by atoms with Crippen molar-refractivity contribution in [1.82, 2.24) is 0 Å². The highest BCUT2D eigenvalue weighted by Crippen LogP contribution is 2.33. The number of rotatable bonds is 8. The van der Waals surface area contributed by atoms with Crippen molar-refractivity contribution in [3.05, 3.63) is 143 Å². The quantitative estimate of drug-likeness (QED) is 0.178. The van der Waals surface area contributed by atoms with E-state index in [4.69, 9.17) is 9.98 Å². The summed E-state index contributed by atoms with van der Waals surface area (Å²) < 4.78 is 0. The van der Waals surface area contributed by atoms with Crippen LogP contribution in [0, 0.1) is 27.7 Å². The summed E-state index contributed by atoms with van der Waals surface area (Å²) >= 11 is 3.54. The molecule has 0 atom stereocenters. The minimum atomic E-state index is 1.05. The molecule has 0 heterocycles. The van der Waals surface area contributed by atoms with Crippen LogP contribution in [0.2, 0.25) is 0 Å². The molecule has 40 heavy (non-hydrogen) atoms. The average molecular weight is 557 g/mol. The molecule has 0 N–H and O–H groups in total. The Balaban J connectivity index is 1.17. The first-order valence-electron chi connectivity index (χ1n) is 13.3. The highest BCUT2D eigenvalue weighted by molar-refractivity contribution is 7.99. The van der Waals surface area contributed by atoms with E-state index in [1.54, 1.807) is 23.5 Å². The second-order valence-corrected chi connectivity index (χ2v) is 12.1. The fourth-order valence-corrected chi connectivity index (χ4v) is 6.02. The Morgan fingerprint density at radius 2 is 0.675 bits per heavy atom. The molecule has 0 amide bonds. The van der Waals surface area contributed by atoms with Gasteiger partial charge in [-0.05, 0) is 110 Å². The van der Waals surface area contributed by atoms with Crippen LogP contribution in [0.5, 0.6) is 0 Å². The first-order valence-corrected chi connectivity index (χ1v) is 14.9. The third kappa shape index (κ3) is 7.20. The molecule has 5 aromatic carbocycles. The monoisotopic (exact) mass is 556 g/mol. The molecule has 0 radical (unpaired) electrons.